The molecule has 0 aromatic rings. The fourth-order valence-electron chi connectivity index (χ4n) is 1.83. The highest BCUT2D eigenvalue weighted by atomic mass is 32.2. The van der Waals surface area contributed by atoms with Gasteiger partial charge in [0.05, 0.1) is 0 Å². The van der Waals surface area contributed by atoms with Gasteiger partial charge in [-0.15, -0.1) is 0 Å². The minimum atomic E-state index is -3.35. The zero-order chi connectivity index (χ0) is 13.1. The molecule has 1 amide bonds. The van der Waals surface area contributed by atoms with Gasteiger partial charge >= 0.3 is 0 Å². The predicted octanol–water partition coefficient (Wildman–Crippen LogP) is -0.263. The highest BCUT2D eigenvalue weighted by Gasteiger charge is 2.27. The van der Waals surface area contributed by atoms with Gasteiger partial charge in [-0.25, -0.2) is 0 Å². The summed E-state index contributed by atoms with van der Waals surface area (Å²) in [5, 5.41) is 0. The van der Waals surface area contributed by atoms with E-state index in [1.54, 1.807) is 4.90 Å². The van der Waals surface area contributed by atoms with Gasteiger partial charge in [-0.2, -0.15) is 17.0 Å². The van der Waals surface area contributed by atoms with Crippen molar-refractivity contribution in [2.75, 3.05) is 40.3 Å². The van der Waals surface area contributed by atoms with Crippen LogP contribution in [0, 0.1) is 0 Å². The zero-order valence-corrected chi connectivity index (χ0v) is 11.5. The molecule has 1 heterocycles. The lowest BCUT2D eigenvalue weighted by Crippen LogP contribution is -2.42. The maximum absolute atomic E-state index is 11.9. The number of hydrogen-bond acceptors (Lipinski definition) is 3. The first-order valence-corrected chi connectivity index (χ1v) is 7.24. The molecule has 0 N–H and O–H groups in total. The van der Waals surface area contributed by atoms with E-state index in [-0.39, 0.29) is 5.91 Å². The minimum Gasteiger partial charge on any atom is -0.341 e. The van der Waals surface area contributed by atoms with Crippen molar-refractivity contribution in [1.82, 2.24) is 13.5 Å². The van der Waals surface area contributed by atoms with E-state index in [9.17, 15) is 13.2 Å². The van der Waals surface area contributed by atoms with Crippen LogP contribution in [0.3, 0.4) is 0 Å². The smallest absolute Gasteiger partial charge is 0.281 e. The van der Waals surface area contributed by atoms with Crippen molar-refractivity contribution in [2.24, 2.45) is 0 Å². The van der Waals surface area contributed by atoms with Crippen molar-refractivity contribution in [3.05, 3.63) is 0 Å². The summed E-state index contributed by atoms with van der Waals surface area (Å²) in [6, 6.07) is 0. The molecule has 1 rings (SSSR count). The molecule has 0 aliphatic carbocycles. The second-order valence-corrected chi connectivity index (χ2v) is 6.42. The molecule has 0 saturated carbocycles. The molecular formula is C10H21N3O3S. The van der Waals surface area contributed by atoms with E-state index in [1.807, 2.05) is 6.92 Å². The van der Waals surface area contributed by atoms with Crippen LogP contribution in [0.4, 0.5) is 0 Å². The van der Waals surface area contributed by atoms with Crippen molar-refractivity contribution in [2.45, 2.75) is 19.8 Å². The van der Waals surface area contributed by atoms with E-state index < -0.39 is 10.2 Å². The lowest BCUT2D eigenvalue weighted by Gasteiger charge is -2.24. The molecule has 6 nitrogen and oxygen atoms in total. The molecule has 0 atom stereocenters. The molecule has 0 spiro atoms. The van der Waals surface area contributed by atoms with Crippen LogP contribution in [0.2, 0.25) is 0 Å². The number of carbonyl (C=O) groups is 1. The SMILES string of the molecule is CCC(=O)N1CCCN(S(=O)(=O)N(C)C)CC1. The Hall–Kier alpha value is -0.660. The van der Waals surface area contributed by atoms with Crippen LogP contribution in [0.15, 0.2) is 0 Å². The maximum atomic E-state index is 11.9. The Bertz CT molecular complexity index is 367. The fourth-order valence-corrected chi connectivity index (χ4v) is 2.96. The van der Waals surface area contributed by atoms with Crippen LogP contribution >= 0.6 is 0 Å². The fraction of sp³-hybridized carbons (Fsp3) is 0.900. The molecule has 0 aromatic carbocycles. The second kappa shape index (κ2) is 5.79. The van der Waals surface area contributed by atoms with E-state index >= 15 is 0 Å². The summed E-state index contributed by atoms with van der Waals surface area (Å²) in [5.74, 6) is 0.0918. The van der Waals surface area contributed by atoms with E-state index in [1.165, 1.54) is 22.7 Å². The van der Waals surface area contributed by atoms with Gasteiger partial charge in [-0.05, 0) is 6.42 Å². The van der Waals surface area contributed by atoms with Gasteiger partial charge < -0.3 is 4.90 Å². The molecule has 0 aromatic heterocycles. The third-order valence-corrected chi connectivity index (χ3v) is 4.84. The van der Waals surface area contributed by atoms with Crippen LogP contribution in [-0.2, 0) is 15.0 Å². The van der Waals surface area contributed by atoms with Crippen molar-refractivity contribution in [3.8, 4) is 0 Å². The van der Waals surface area contributed by atoms with Crippen LogP contribution in [0.25, 0.3) is 0 Å². The number of amides is 1. The van der Waals surface area contributed by atoms with Gasteiger partial charge in [0.15, 0.2) is 0 Å². The first-order valence-electron chi connectivity index (χ1n) is 5.85. The standard InChI is InChI=1S/C10H21N3O3S/c1-4-10(14)12-6-5-7-13(9-8-12)17(15,16)11(2)3/h4-9H2,1-3H3. The molecule has 17 heavy (non-hydrogen) atoms. The third-order valence-electron chi connectivity index (χ3n) is 2.90. The average Bonchev–Trinajstić information content (AvgIpc) is 2.53. The molecule has 100 valence electrons. The van der Waals surface area contributed by atoms with E-state index in [4.69, 9.17) is 0 Å². The Kier molecular flexibility index (Phi) is 4.91. The quantitative estimate of drug-likeness (QED) is 0.704. The summed E-state index contributed by atoms with van der Waals surface area (Å²) >= 11 is 0. The maximum Gasteiger partial charge on any atom is 0.281 e. The van der Waals surface area contributed by atoms with Crippen molar-refractivity contribution < 1.29 is 13.2 Å². The third kappa shape index (κ3) is 3.40. The topological polar surface area (TPSA) is 60.9 Å². The van der Waals surface area contributed by atoms with Gasteiger partial charge in [0.2, 0.25) is 5.91 Å². The Morgan fingerprint density at radius 2 is 1.82 bits per heavy atom. The van der Waals surface area contributed by atoms with E-state index in [2.05, 4.69) is 0 Å². The lowest BCUT2D eigenvalue weighted by atomic mass is 10.3. The highest BCUT2D eigenvalue weighted by molar-refractivity contribution is 7.86. The Morgan fingerprint density at radius 1 is 1.18 bits per heavy atom. The van der Waals surface area contributed by atoms with Crippen molar-refractivity contribution in [1.29, 1.82) is 0 Å². The zero-order valence-electron chi connectivity index (χ0n) is 10.7. The van der Waals surface area contributed by atoms with Crippen LogP contribution < -0.4 is 0 Å². The minimum absolute atomic E-state index is 0.0918. The lowest BCUT2D eigenvalue weighted by molar-refractivity contribution is -0.130. The molecule has 1 fully saturated rings. The number of rotatable bonds is 3. The molecule has 0 bridgehead atoms. The number of carbonyl (C=O) groups excluding carboxylic acids is 1. The molecule has 1 aliphatic heterocycles. The van der Waals surface area contributed by atoms with Gasteiger partial charge in [0.25, 0.3) is 10.2 Å². The van der Waals surface area contributed by atoms with Gasteiger partial charge in [-0.3, -0.25) is 4.79 Å². The summed E-state index contributed by atoms with van der Waals surface area (Å²) in [4.78, 5) is 13.3. The van der Waals surface area contributed by atoms with Crippen LogP contribution in [0.1, 0.15) is 19.8 Å². The van der Waals surface area contributed by atoms with Gasteiger partial charge in [-0.1, -0.05) is 6.92 Å². The summed E-state index contributed by atoms with van der Waals surface area (Å²) in [5.41, 5.74) is 0. The summed E-state index contributed by atoms with van der Waals surface area (Å²) in [6.07, 6.45) is 1.17. The first-order chi connectivity index (χ1) is 7.89. The predicted molar refractivity (Wildman–Crippen MR) is 65.7 cm³/mol. The number of nitrogens with zero attached hydrogens (tertiary/aromatic N) is 3. The highest BCUT2D eigenvalue weighted by Crippen LogP contribution is 2.10. The monoisotopic (exact) mass is 263 g/mol. The summed E-state index contributed by atoms with van der Waals surface area (Å²) in [7, 11) is -0.304. The van der Waals surface area contributed by atoms with Crippen LogP contribution in [-0.4, -0.2) is 68.1 Å². The van der Waals surface area contributed by atoms with Crippen LogP contribution in [0.5, 0.6) is 0 Å². The van der Waals surface area contributed by atoms with E-state index in [0.717, 1.165) is 0 Å². The van der Waals surface area contributed by atoms with Crippen molar-refractivity contribution in [3.63, 3.8) is 0 Å². The van der Waals surface area contributed by atoms with Gasteiger partial charge in [0.1, 0.15) is 0 Å². The molecule has 0 unspecified atom stereocenters. The Morgan fingerprint density at radius 3 is 2.35 bits per heavy atom. The second-order valence-electron chi connectivity index (χ2n) is 4.28. The molecule has 7 heteroatoms. The largest absolute Gasteiger partial charge is 0.341 e. The Balaban J connectivity index is 2.69. The Labute approximate surface area is 103 Å². The summed E-state index contributed by atoms with van der Waals surface area (Å²) < 4.78 is 26.5. The molecule has 0 radical (unpaired) electrons. The average molecular weight is 263 g/mol. The molecule has 1 saturated heterocycles. The number of hydrogen-bond donors (Lipinski definition) is 0. The molecular weight excluding hydrogens is 242 g/mol. The molecule has 1 aliphatic rings. The van der Waals surface area contributed by atoms with Crippen molar-refractivity contribution >= 4 is 16.1 Å². The van der Waals surface area contributed by atoms with E-state index in [0.29, 0.717) is 39.0 Å². The first kappa shape index (κ1) is 14.4. The van der Waals surface area contributed by atoms with Gasteiger partial charge in [0, 0.05) is 46.7 Å². The summed E-state index contributed by atoms with van der Waals surface area (Å²) in [6.45, 7) is 3.81. The normalized spacial score (nSPS) is 19.4.